The predicted octanol–water partition coefficient (Wildman–Crippen LogP) is 2.72. The third-order valence-electron chi connectivity index (χ3n) is 2.82. The van der Waals surface area contributed by atoms with Crippen molar-refractivity contribution >= 4 is 5.91 Å². The fraction of sp³-hybridized carbons (Fsp3) is 0.200. The van der Waals surface area contributed by atoms with Crippen LogP contribution in [-0.2, 0) is 6.42 Å². The highest BCUT2D eigenvalue weighted by atomic mass is 19.1. The summed E-state index contributed by atoms with van der Waals surface area (Å²) in [5, 5.41) is 2.76. The molecule has 0 aliphatic heterocycles. The predicted molar refractivity (Wildman–Crippen MR) is 71.2 cm³/mol. The minimum atomic E-state index is -0.691. The molecule has 0 aliphatic carbocycles. The monoisotopic (exact) mass is 276 g/mol. The first-order valence-corrected chi connectivity index (χ1v) is 6.21. The van der Waals surface area contributed by atoms with Gasteiger partial charge in [0.2, 0.25) is 5.95 Å². The summed E-state index contributed by atoms with van der Waals surface area (Å²) in [7, 11) is 0. The maximum Gasteiger partial charge on any atom is 0.251 e. The molecule has 0 saturated heterocycles. The number of carbonyl (C=O) groups is 1. The van der Waals surface area contributed by atoms with Crippen molar-refractivity contribution in [2.24, 2.45) is 0 Å². The van der Waals surface area contributed by atoms with Gasteiger partial charge in [0.05, 0.1) is 0 Å². The van der Waals surface area contributed by atoms with Gasteiger partial charge in [0.1, 0.15) is 5.82 Å². The first kappa shape index (κ1) is 14.1. The van der Waals surface area contributed by atoms with E-state index in [9.17, 15) is 13.6 Å². The molecule has 5 heteroatoms. The van der Waals surface area contributed by atoms with Crippen molar-refractivity contribution in [1.82, 2.24) is 10.3 Å². The molecule has 1 aromatic carbocycles. The molecule has 3 nitrogen and oxygen atoms in total. The van der Waals surface area contributed by atoms with Gasteiger partial charge < -0.3 is 5.32 Å². The first-order valence-electron chi connectivity index (χ1n) is 6.21. The van der Waals surface area contributed by atoms with Crippen LogP contribution in [0.3, 0.4) is 0 Å². The number of hydrogen-bond acceptors (Lipinski definition) is 2. The highest BCUT2D eigenvalue weighted by Crippen LogP contribution is 2.07. The number of nitrogens with zero attached hydrogens (tertiary/aromatic N) is 1. The summed E-state index contributed by atoms with van der Waals surface area (Å²) in [5.74, 6) is -1.34. The van der Waals surface area contributed by atoms with Gasteiger partial charge in [-0.3, -0.25) is 4.79 Å². The molecule has 1 heterocycles. The van der Waals surface area contributed by atoms with Crippen LogP contribution in [0, 0.1) is 11.8 Å². The molecule has 0 bridgehead atoms. The smallest absolute Gasteiger partial charge is 0.251 e. The average Bonchev–Trinajstić information content (AvgIpc) is 2.41. The molecule has 0 radical (unpaired) electrons. The molecule has 1 atom stereocenters. The van der Waals surface area contributed by atoms with Crippen molar-refractivity contribution in [3.05, 3.63) is 65.5 Å². The normalized spacial score (nSPS) is 11.9. The number of amides is 1. The Balaban J connectivity index is 1.95. The van der Waals surface area contributed by atoms with Gasteiger partial charge in [-0.15, -0.1) is 0 Å². The molecule has 1 aromatic heterocycles. The number of rotatable bonds is 4. The summed E-state index contributed by atoms with van der Waals surface area (Å²) in [5.41, 5.74) is 1.14. The highest BCUT2D eigenvalue weighted by Gasteiger charge is 2.11. The van der Waals surface area contributed by atoms with Gasteiger partial charge in [0, 0.05) is 23.9 Å². The van der Waals surface area contributed by atoms with E-state index in [-0.39, 0.29) is 23.3 Å². The van der Waals surface area contributed by atoms with Crippen LogP contribution in [0.25, 0.3) is 0 Å². The van der Waals surface area contributed by atoms with Gasteiger partial charge in [-0.2, -0.15) is 4.39 Å². The molecule has 2 rings (SSSR count). The van der Waals surface area contributed by atoms with Crippen LogP contribution in [0.4, 0.5) is 8.78 Å². The highest BCUT2D eigenvalue weighted by molar-refractivity contribution is 5.94. The molecule has 20 heavy (non-hydrogen) atoms. The lowest BCUT2D eigenvalue weighted by atomic mass is 10.1. The van der Waals surface area contributed by atoms with Gasteiger partial charge in [0.25, 0.3) is 5.91 Å². The van der Waals surface area contributed by atoms with E-state index < -0.39 is 5.95 Å². The van der Waals surface area contributed by atoms with E-state index in [4.69, 9.17) is 0 Å². The standard InChI is InChI=1S/C15H14F2N2O/c1-10(8-11-2-4-13(16)5-3-11)19-15(20)12-6-7-18-14(17)9-12/h2-7,9-10H,8H2,1H3,(H,19,20). The summed E-state index contributed by atoms with van der Waals surface area (Å²) < 4.78 is 25.7. The lowest BCUT2D eigenvalue weighted by molar-refractivity contribution is 0.0939. The van der Waals surface area contributed by atoms with Gasteiger partial charge >= 0.3 is 0 Å². The maximum absolute atomic E-state index is 12.9. The van der Waals surface area contributed by atoms with E-state index in [1.165, 1.54) is 24.4 Å². The Morgan fingerprint density at radius 3 is 2.60 bits per heavy atom. The van der Waals surface area contributed by atoms with E-state index in [1.807, 2.05) is 6.92 Å². The van der Waals surface area contributed by atoms with Gasteiger partial charge in [0.15, 0.2) is 0 Å². The summed E-state index contributed by atoms with van der Waals surface area (Å²) in [6, 6.07) is 8.48. The molecular formula is C15H14F2N2O. The number of nitrogens with one attached hydrogen (secondary N) is 1. The quantitative estimate of drug-likeness (QED) is 0.872. The van der Waals surface area contributed by atoms with Crippen LogP contribution in [0.1, 0.15) is 22.8 Å². The lowest BCUT2D eigenvalue weighted by Gasteiger charge is -2.14. The fourth-order valence-corrected chi connectivity index (χ4v) is 1.88. The summed E-state index contributed by atoms with van der Waals surface area (Å²) in [4.78, 5) is 15.3. The van der Waals surface area contributed by atoms with Crippen molar-refractivity contribution in [3.8, 4) is 0 Å². The van der Waals surface area contributed by atoms with Crippen molar-refractivity contribution in [1.29, 1.82) is 0 Å². The number of aromatic nitrogens is 1. The minimum absolute atomic E-state index is 0.149. The fourth-order valence-electron chi connectivity index (χ4n) is 1.88. The Labute approximate surface area is 115 Å². The van der Waals surface area contributed by atoms with Crippen molar-refractivity contribution in [2.75, 3.05) is 0 Å². The Bertz CT molecular complexity index is 599. The van der Waals surface area contributed by atoms with Crippen LogP contribution in [0.15, 0.2) is 42.6 Å². The molecule has 1 amide bonds. The first-order chi connectivity index (χ1) is 9.54. The molecule has 0 fully saturated rings. The van der Waals surface area contributed by atoms with E-state index in [0.717, 1.165) is 11.6 Å². The van der Waals surface area contributed by atoms with Crippen LogP contribution in [0.2, 0.25) is 0 Å². The molecule has 0 saturated carbocycles. The Morgan fingerprint density at radius 1 is 1.25 bits per heavy atom. The summed E-state index contributed by atoms with van der Waals surface area (Å²) in [6.07, 6.45) is 1.81. The van der Waals surface area contributed by atoms with Crippen molar-refractivity contribution in [2.45, 2.75) is 19.4 Å². The van der Waals surface area contributed by atoms with Crippen molar-refractivity contribution in [3.63, 3.8) is 0 Å². The van der Waals surface area contributed by atoms with Crippen LogP contribution in [0.5, 0.6) is 0 Å². The molecule has 1 N–H and O–H groups in total. The summed E-state index contributed by atoms with van der Waals surface area (Å²) >= 11 is 0. The van der Waals surface area contributed by atoms with E-state index in [2.05, 4.69) is 10.3 Å². The summed E-state index contributed by atoms with van der Waals surface area (Å²) in [6.45, 7) is 1.83. The zero-order valence-corrected chi connectivity index (χ0v) is 10.9. The number of hydrogen-bond donors (Lipinski definition) is 1. The second-order valence-corrected chi connectivity index (χ2v) is 4.57. The van der Waals surface area contributed by atoms with Crippen LogP contribution >= 0.6 is 0 Å². The van der Waals surface area contributed by atoms with E-state index in [1.54, 1.807) is 12.1 Å². The second kappa shape index (κ2) is 6.23. The van der Waals surface area contributed by atoms with Gasteiger partial charge in [-0.1, -0.05) is 12.1 Å². The molecule has 104 valence electrons. The second-order valence-electron chi connectivity index (χ2n) is 4.57. The zero-order chi connectivity index (χ0) is 14.5. The minimum Gasteiger partial charge on any atom is -0.349 e. The molecular weight excluding hydrogens is 262 g/mol. The number of halogens is 2. The van der Waals surface area contributed by atoms with Gasteiger partial charge in [-0.25, -0.2) is 9.37 Å². The number of pyridine rings is 1. The van der Waals surface area contributed by atoms with Gasteiger partial charge in [-0.05, 0) is 37.1 Å². The van der Waals surface area contributed by atoms with E-state index in [0.29, 0.717) is 6.42 Å². The third kappa shape index (κ3) is 3.85. The SMILES string of the molecule is CC(Cc1ccc(F)cc1)NC(=O)c1ccnc(F)c1. The number of carbonyl (C=O) groups excluding carboxylic acids is 1. The maximum atomic E-state index is 12.9. The lowest BCUT2D eigenvalue weighted by Crippen LogP contribution is -2.34. The largest absolute Gasteiger partial charge is 0.349 e. The van der Waals surface area contributed by atoms with Crippen LogP contribution < -0.4 is 5.32 Å². The topological polar surface area (TPSA) is 42.0 Å². The third-order valence-corrected chi connectivity index (χ3v) is 2.82. The molecule has 0 spiro atoms. The van der Waals surface area contributed by atoms with Crippen molar-refractivity contribution < 1.29 is 13.6 Å². The van der Waals surface area contributed by atoms with E-state index >= 15 is 0 Å². The average molecular weight is 276 g/mol. The number of benzene rings is 1. The Morgan fingerprint density at radius 2 is 1.95 bits per heavy atom. The zero-order valence-electron chi connectivity index (χ0n) is 10.9. The Hall–Kier alpha value is -2.30. The molecule has 2 aromatic rings. The Kier molecular flexibility index (Phi) is 4.40. The molecule has 1 unspecified atom stereocenters. The molecule has 0 aliphatic rings. The van der Waals surface area contributed by atoms with Crippen LogP contribution in [-0.4, -0.2) is 16.9 Å².